The molecule has 2 N–H and O–H groups in total. The standard InChI is InChI=1S/C11H10ClN3O/c1-7-2-3-8(9(12)6-7)10(16)15-11-13-4-5-14-11/h2-6H,1H3,(H2,13,14,15,16). The van der Waals surface area contributed by atoms with Crippen LogP contribution >= 0.6 is 11.6 Å². The lowest BCUT2D eigenvalue weighted by Crippen LogP contribution is -2.13. The molecule has 5 heteroatoms. The maximum Gasteiger partial charge on any atom is 0.259 e. The molecule has 0 saturated carbocycles. The first-order valence-electron chi connectivity index (χ1n) is 4.73. The van der Waals surface area contributed by atoms with Gasteiger partial charge in [-0.2, -0.15) is 0 Å². The average molecular weight is 236 g/mol. The Balaban J connectivity index is 2.21. The summed E-state index contributed by atoms with van der Waals surface area (Å²) >= 11 is 5.97. The first-order chi connectivity index (χ1) is 7.66. The highest BCUT2D eigenvalue weighted by atomic mass is 35.5. The van der Waals surface area contributed by atoms with Crippen molar-refractivity contribution in [3.63, 3.8) is 0 Å². The van der Waals surface area contributed by atoms with Gasteiger partial charge in [0.05, 0.1) is 10.6 Å². The van der Waals surface area contributed by atoms with Crippen LogP contribution in [0, 0.1) is 6.92 Å². The highest BCUT2D eigenvalue weighted by molar-refractivity contribution is 6.34. The number of aromatic amines is 1. The van der Waals surface area contributed by atoms with Gasteiger partial charge >= 0.3 is 0 Å². The van der Waals surface area contributed by atoms with Crippen LogP contribution in [0.15, 0.2) is 30.6 Å². The summed E-state index contributed by atoms with van der Waals surface area (Å²) in [4.78, 5) is 18.5. The lowest BCUT2D eigenvalue weighted by Gasteiger charge is -2.04. The van der Waals surface area contributed by atoms with Crippen LogP contribution in [0.1, 0.15) is 15.9 Å². The Morgan fingerprint density at radius 3 is 2.94 bits per heavy atom. The van der Waals surface area contributed by atoms with Crippen molar-refractivity contribution in [1.29, 1.82) is 0 Å². The third-order valence-corrected chi connectivity index (χ3v) is 2.41. The summed E-state index contributed by atoms with van der Waals surface area (Å²) in [5, 5.41) is 3.04. The van der Waals surface area contributed by atoms with Crippen molar-refractivity contribution >= 4 is 23.5 Å². The van der Waals surface area contributed by atoms with Crippen LogP contribution in [-0.2, 0) is 0 Å². The lowest BCUT2D eigenvalue weighted by atomic mass is 10.1. The molecule has 0 saturated heterocycles. The minimum atomic E-state index is -0.278. The van der Waals surface area contributed by atoms with Crippen LogP contribution in [0.25, 0.3) is 0 Å². The number of carbonyl (C=O) groups is 1. The molecule has 2 rings (SSSR count). The van der Waals surface area contributed by atoms with E-state index in [0.717, 1.165) is 5.56 Å². The second-order valence-corrected chi connectivity index (χ2v) is 3.78. The van der Waals surface area contributed by atoms with Gasteiger partial charge in [0.25, 0.3) is 5.91 Å². The number of aryl methyl sites for hydroxylation is 1. The molecule has 1 aromatic heterocycles. The van der Waals surface area contributed by atoms with Gasteiger partial charge in [-0.1, -0.05) is 17.7 Å². The van der Waals surface area contributed by atoms with Gasteiger partial charge in [0, 0.05) is 12.4 Å². The molecule has 1 aromatic carbocycles. The molecule has 0 atom stereocenters. The van der Waals surface area contributed by atoms with Crippen molar-refractivity contribution in [2.45, 2.75) is 6.92 Å². The van der Waals surface area contributed by atoms with Gasteiger partial charge in [0.15, 0.2) is 0 Å². The SMILES string of the molecule is Cc1ccc(C(=O)Nc2ncc[nH]2)c(Cl)c1. The number of nitrogens with zero attached hydrogens (tertiary/aromatic N) is 1. The molecule has 0 aliphatic heterocycles. The van der Waals surface area contributed by atoms with Gasteiger partial charge in [0.2, 0.25) is 5.95 Å². The maximum atomic E-state index is 11.8. The lowest BCUT2D eigenvalue weighted by molar-refractivity contribution is 0.102. The maximum absolute atomic E-state index is 11.8. The van der Waals surface area contributed by atoms with Crippen LogP contribution in [0.3, 0.4) is 0 Å². The smallest absolute Gasteiger partial charge is 0.259 e. The fraction of sp³-hybridized carbons (Fsp3) is 0.0909. The number of rotatable bonds is 2. The summed E-state index contributed by atoms with van der Waals surface area (Å²) in [7, 11) is 0. The normalized spacial score (nSPS) is 10.1. The number of H-pyrrole nitrogens is 1. The minimum absolute atomic E-state index is 0.278. The highest BCUT2D eigenvalue weighted by Gasteiger charge is 2.11. The van der Waals surface area contributed by atoms with Crippen molar-refractivity contribution in [3.8, 4) is 0 Å². The molecule has 0 unspecified atom stereocenters. The number of benzene rings is 1. The van der Waals surface area contributed by atoms with Crippen LogP contribution in [0.5, 0.6) is 0 Å². The van der Waals surface area contributed by atoms with Crippen molar-refractivity contribution in [2.75, 3.05) is 5.32 Å². The molecular formula is C11H10ClN3O. The monoisotopic (exact) mass is 235 g/mol. The predicted molar refractivity (Wildman–Crippen MR) is 62.7 cm³/mol. The summed E-state index contributed by atoms with van der Waals surface area (Å²) in [6.45, 7) is 1.92. The molecule has 2 aromatic rings. The Hall–Kier alpha value is -1.81. The summed E-state index contributed by atoms with van der Waals surface area (Å²) < 4.78 is 0. The molecule has 1 heterocycles. The average Bonchev–Trinajstić information content (AvgIpc) is 2.70. The van der Waals surface area contributed by atoms with Gasteiger partial charge in [-0.15, -0.1) is 0 Å². The molecule has 16 heavy (non-hydrogen) atoms. The fourth-order valence-electron chi connectivity index (χ4n) is 1.31. The van der Waals surface area contributed by atoms with E-state index in [4.69, 9.17) is 11.6 Å². The Kier molecular flexibility index (Phi) is 2.92. The Labute approximate surface area is 97.7 Å². The summed E-state index contributed by atoms with van der Waals surface area (Å²) in [5.41, 5.74) is 1.45. The van der Waals surface area contributed by atoms with Gasteiger partial charge in [-0.25, -0.2) is 4.98 Å². The number of hydrogen-bond donors (Lipinski definition) is 2. The quantitative estimate of drug-likeness (QED) is 0.841. The Morgan fingerprint density at radius 1 is 1.50 bits per heavy atom. The van der Waals surface area contributed by atoms with Crippen LogP contribution in [0.2, 0.25) is 5.02 Å². The van der Waals surface area contributed by atoms with Crippen molar-refractivity contribution in [2.24, 2.45) is 0 Å². The number of amides is 1. The zero-order chi connectivity index (χ0) is 11.5. The van der Waals surface area contributed by atoms with E-state index in [2.05, 4.69) is 15.3 Å². The van der Waals surface area contributed by atoms with Crippen LogP contribution in [0.4, 0.5) is 5.95 Å². The third kappa shape index (κ3) is 2.23. The number of nitrogens with one attached hydrogen (secondary N) is 2. The first kappa shape index (κ1) is 10.7. The van der Waals surface area contributed by atoms with Crippen molar-refractivity contribution < 1.29 is 4.79 Å². The first-order valence-corrected chi connectivity index (χ1v) is 5.11. The molecule has 0 aliphatic rings. The van der Waals surface area contributed by atoms with E-state index in [0.29, 0.717) is 16.5 Å². The molecule has 0 fully saturated rings. The van der Waals surface area contributed by atoms with E-state index < -0.39 is 0 Å². The molecular weight excluding hydrogens is 226 g/mol. The van der Waals surface area contributed by atoms with Crippen LogP contribution < -0.4 is 5.32 Å². The van der Waals surface area contributed by atoms with E-state index in [1.807, 2.05) is 13.0 Å². The summed E-state index contributed by atoms with van der Waals surface area (Å²) in [6, 6.07) is 5.28. The van der Waals surface area contributed by atoms with Gasteiger partial charge in [-0.05, 0) is 24.6 Å². The van der Waals surface area contributed by atoms with E-state index in [-0.39, 0.29) is 5.91 Å². The van der Waals surface area contributed by atoms with Crippen molar-refractivity contribution in [1.82, 2.24) is 9.97 Å². The second kappa shape index (κ2) is 4.37. The summed E-state index contributed by atoms with van der Waals surface area (Å²) in [6.07, 6.45) is 3.19. The van der Waals surface area contributed by atoms with Gasteiger partial charge in [-0.3, -0.25) is 10.1 Å². The van der Waals surface area contributed by atoms with Gasteiger partial charge < -0.3 is 4.98 Å². The Morgan fingerprint density at radius 2 is 2.31 bits per heavy atom. The molecule has 1 amide bonds. The Bertz CT molecular complexity index is 508. The number of aromatic nitrogens is 2. The fourth-order valence-corrected chi connectivity index (χ4v) is 1.63. The third-order valence-electron chi connectivity index (χ3n) is 2.10. The molecule has 0 spiro atoms. The number of imidazole rings is 1. The molecule has 0 radical (unpaired) electrons. The van der Waals surface area contributed by atoms with Crippen LogP contribution in [-0.4, -0.2) is 15.9 Å². The van der Waals surface area contributed by atoms with E-state index in [9.17, 15) is 4.79 Å². The highest BCUT2D eigenvalue weighted by Crippen LogP contribution is 2.18. The van der Waals surface area contributed by atoms with E-state index in [1.165, 1.54) is 0 Å². The minimum Gasteiger partial charge on any atom is -0.331 e. The van der Waals surface area contributed by atoms with E-state index in [1.54, 1.807) is 24.5 Å². The zero-order valence-corrected chi connectivity index (χ0v) is 9.38. The summed E-state index contributed by atoms with van der Waals surface area (Å²) in [5.74, 6) is 0.126. The number of carbonyl (C=O) groups excluding carboxylic acids is 1. The van der Waals surface area contributed by atoms with Gasteiger partial charge in [0.1, 0.15) is 0 Å². The van der Waals surface area contributed by atoms with E-state index >= 15 is 0 Å². The molecule has 82 valence electrons. The molecule has 4 nitrogen and oxygen atoms in total. The zero-order valence-electron chi connectivity index (χ0n) is 8.62. The molecule has 0 aliphatic carbocycles. The number of halogens is 1. The molecule has 0 bridgehead atoms. The second-order valence-electron chi connectivity index (χ2n) is 3.38. The number of hydrogen-bond acceptors (Lipinski definition) is 2. The topological polar surface area (TPSA) is 57.8 Å². The van der Waals surface area contributed by atoms with Crippen molar-refractivity contribution in [3.05, 3.63) is 46.7 Å². The predicted octanol–water partition coefficient (Wildman–Crippen LogP) is 2.62. The number of anilines is 1. The largest absolute Gasteiger partial charge is 0.331 e.